The van der Waals surface area contributed by atoms with E-state index in [-0.39, 0.29) is 24.2 Å². The monoisotopic (exact) mass is 437 g/mol. The smallest absolute Gasteiger partial charge is 0.334 e. The Morgan fingerprint density at radius 1 is 1.22 bits per heavy atom. The van der Waals surface area contributed by atoms with Crippen LogP contribution in [0.1, 0.15) is 41.9 Å². The first-order valence-corrected chi connectivity index (χ1v) is 11.1. The van der Waals surface area contributed by atoms with Gasteiger partial charge in [-0.05, 0) is 68.1 Å². The molecular formula is C26H28FNO4. The highest BCUT2D eigenvalue weighted by molar-refractivity contribution is 5.95. The van der Waals surface area contributed by atoms with Crippen LogP contribution in [-0.2, 0) is 14.3 Å². The maximum absolute atomic E-state index is 13.9. The SMILES string of the molecule is Cc1ccc(C2CCN(CC(=O)COc3ccccc3/C=C3\CCOC3=O)CC2)cc1F. The lowest BCUT2D eigenvalue weighted by atomic mass is 9.89. The number of ketones is 1. The first kappa shape index (κ1) is 22.2. The Hall–Kier alpha value is -2.99. The van der Waals surface area contributed by atoms with Crippen molar-refractivity contribution in [2.24, 2.45) is 0 Å². The first-order valence-electron chi connectivity index (χ1n) is 11.1. The van der Waals surface area contributed by atoms with Crippen LogP contribution in [0, 0.1) is 12.7 Å². The number of para-hydroxylation sites is 1. The number of halogens is 1. The fourth-order valence-corrected chi connectivity index (χ4v) is 4.24. The Morgan fingerprint density at radius 3 is 2.72 bits per heavy atom. The molecular weight excluding hydrogens is 409 g/mol. The fraction of sp³-hybridized carbons (Fsp3) is 0.385. The summed E-state index contributed by atoms with van der Waals surface area (Å²) in [5.41, 5.74) is 3.08. The zero-order valence-corrected chi connectivity index (χ0v) is 18.3. The van der Waals surface area contributed by atoms with Gasteiger partial charge in [0.05, 0.1) is 13.2 Å². The van der Waals surface area contributed by atoms with Gasteiger partial charge in [0.15, 0.2) is 5.78 Å². The van der Waals surface area contributed by atoms with Crippen molar-refractivity contribution >= 4 is 17.8 Å². The van der Waals surface area contributed by atoms with Gasteiger partial charge in [0.1, 0.15) is 18.2 Å². The van der Waals surface area contributed by atoms with Gasteiger partial charge >= 0.3 is 5.97 Å². The Morgan fingerprint density at radius 2 is 2.00 bits per heavy atom. The van der Waals surface area contributed by atoms with E-state index in [9.17, 15) is 14.0 Å². The lowest BCUT2D eigenvalue weighted by molar-refractivity contribution is -0.135. The van der Waals surface area contributed by atoms with E-state index in [1.165, 1.54) is 0 Å². The number of piperidine rings is 1. The Bertz CT molecular complexity index is 1020. The number of benzene rings is 2. The molecule has 32 heavy (non-hydrogen) atoms. The number of likely N-dealkylation sites (tertiary alicyclic amines) is 1. The minimum absolute atomic E-state index is 0.00700. The average molecular weight is 438 g/mol. The Kier molecular flexibility index (Phi) is 7.00. The average Bonchev–Trinajstić information content (AvgIpc) is 3.20. The number of hydrogen-bond donors (Lipinski definition) is 0. The third-order valence-electron chi connectivity index (χ3n) is 6.16. The van der Waals surface area contributed by atoms with Crippen LogP contribution >= 0.6 is 0 Å². The first-order chi connectivity index (χ1) is 15.5. The summed E-state index contributed by atoms with van der Waals surface area (Å²) in [5.74, 6) is 0.460. The lowest BCUT2D eigenvalue weighted by Crippen LogP contribution is -2.38. The van der Waals surface area contributed by atoms with Gasteiger partial charge in [-0.25, -0.2) is 9.18 Å². The third-order valence-corrected chi connectivity index (χ3v) is 6.16. The van der Waals surface area contributed by atoms with Crippen LogP contribution in [-0.4, -0.2) is 49.5 Å². The van der Waals surface area contributed by atoms with Crippen molar-refractivity contribution in [3.63, 3.8) is 0 Å². The molecule has 2 aliphatic rings. The molecule has 0 spiro atoms. The minimum atomic E-state index is -0.298. The summed E-state index contributed by atoms with van der Waals surface area (Å²) < 4.78 is 24.6. The zero-order valence-electron chi connectivity index (χ0n) is 18.3. The predicted molar refractivity (Wildman–Crippen MR) is 120 cm³/mol. The summed E-state index contributed by atoms with van der Waals surface area (Å²) in [6, 6.07) is 12.9. The number of esters is 1. The lowest BCUT2D eigenvalue weighted by Gasteiger charge is -2.31. The number of carbonyl (C=O) groups excluding carboxylic acids is 2. The van der Waals surface area contributed by atoms with Gasteiger partial charge in [-0.3, -0.25) is 9.69 Å². The summed E-state index contributed by atoms with van der Waals surface area (Å²) in [6.45, 7) is 4.10. The molecule has 6 heteroatoms. The van der Waals surface area contributed by atoms with Gasteiger partial charge < -0.3 is 9.47 Å². The number of rotatable bonds is 7. The third kappa shape index (κ3) is 5.43. The maximum atomic E-state index is 13.9. The molecule has 0 amide bonds. The standard InChI is InChI=1S/C26H28FNO4/c1-18-6-7-20(15-24(18)27)19-8-11-28(12-9-19)16-23(29)17-32-25-5-3-2-4-21(25)14-22-10-13-31-26(22)30/h2-7,14-15,19H,8-13,16-17H2,1H3/b22-14+. The minimum Gasteiger partial charge on any atom is -0.485 e. The highest BCUT2D eigenvalue weighted by Crippen LogP contribution is 2.29. The highest BCUT2D eigenvalue weighted by Gasteiger charge is 2.23. The van der Waals surface area contributed by atoms with E-state index in [0.29, 0.717) is 42.4 Å². The predicted octanol–water partition coefficient (Wildman–Crippen LogP) is 4.29. The van der Waals surface area contributed by atoms with Crippen LogP contribution in [0.3, 0.4) is 0 Å². The fourth-order valence-electron chi connectivity index (χ4n) is 4.24. The zero-order chi connectivity index (χ0) is 22.5. The van der Waals surface area contributed by atoms with Crippen molar-refractivity contribution in [1.29, 1.82) is 0 Å². The summed E-state index contributed by atoms with van der Waals surface area (Å²) in [6.07, 6.45) is 4.16. The quantitative estimate of drug-likeness (QED) is 0.478. The molecule has 0 aliphatic carbocycles. The number of cyclic esters (lactones) is 1. The number of nitrogens with zero attached hydrogens (tertiary/aromatic N) is 1. The van der Waals surface area contributed by atoms with Crippen LogP contribution in [0.5, 0.6) is 5.75 Å². The number of ether oxygens (including phenoxy) is 2. The van der Waals surface area contributed by atoms with Crippen LogP contribution in [0.15, 0.2) is 48.0 Å². The van der Waals surface area contributed by atoms with E-state index in [1.54, 1.807) is 25.1 Å². The molecule has 0 bridgehead atoms. The molecule has 4 rings (SSSR count). The summed E-state index contributed by atoms with van der Waals surface area (Å²) in [7, 11) is 0. The maximum Gasteiger partial charge on any atom is 0.334 e. The van der Waals surface area contributed by atoms with Crippen molar-refractivity contribution in [1.82, 2.24) is 4.90 Å². The second-order valence-electron chi connectivity index (χ2n) is 8.48. The molecule has 2 aliphatic heterocycles. The summed E-state index contributed by atoms with van der Waals surface area (Å²) >= 11 is 0. The summed E-state index contributed by atoms with van der Waals surface area (Å²) in [5, 5.41) is 0. The van der Waals surface area contributed by atoms with Crippen LogP contribution in [0.25, 0.3) is 6.08 Å². The molecule has 0 radical (unpaired) electrons. The number of hydrogen-bond acceptors (Lipinski definition) is 5. The van der Waals surface area contributed by atoms with E-state index in [2.05, 4.69) is 4.90 Å². The van der Waals surface area contributed by atoms with Gasteiger partial charge in [0, 0.05) is 17.6 Å². The summed E-state index contributed by atoms with van der Waals surface area (Å²) in [4.78, 5) is 26.4. The normalized spacial score (nSPS) is 18.7. The molecule has 2 aromatic carbocycles. The van der Waals surface area contributed by atoms with Crippen molar-refractivity contribution in [3.05, 3.63) is 70.5 Å². The van der Waals surface area contributed by atoms with E-state index >= 15 is 0 Å². The molecule has 0 saturated carbocycles. The molecule has 2 aromatic rings. The second kappa shape index (κ2) is 10.1. The van der Waals surface area contributed by atoms with Crippen molar-refractivity contribution in [2.75, 3.05) is 32.8 Å². The van der Waals surface area contributed by atoms with Gasteiger partial charge in [0.25, 0.3) is 0 Å². The molecule has 0 atom stereocenters. The molecule has 0 unspecified atom stereocenters. The van der Waals surface area contributed by atoms with Gasteiger partial charge in [0.2, 0.25) is 0 Å². The molecule has 5 nitrogen and oxygen atoms in total. The largest absolute Gasteiger partial charge is 0.485 e. The molecule has 0 aromatic heterocycles. The Balaban J connectivity index is 1.27. The van der Waals surface area contributed by atoms with Gasteiger partial charge in [-0.1, -0.05) is 30.3 Å². The van der Waals surface area contributed by atoms with Crippen molar-refractivity contribution in [2.45, 2.75) is 32.1 Å². The van der Waals surface area contributed by atoms with E-state index < -0.39 is 0 Å². The molecule has 0 N–H and O–H groups in total. The Labute approximate surface area is 187 Å². The van der Waals surface area contributed by atoms with Crippen LogP contribution < -0.4 is 4.74 Å². The van der Waals surface area contributed by atoms with E-state index in [4.69, 9.17) is 9.47 Å². The van der Waals surface area contributed by atoms with E-state index in [0.717, 1.165) is 37.1 Å². The topological polar surface area (TPSA) is 55.8 Å². The number of aryl methyl sites for hydroxylation is 1. The van der Waals surface area contributed by atoms with E-state index in [1.807, 2.05) is 30.3 Å². The van der Waals surface area contributed by atoms with Crippen LogP contribution in [0.2, 0.25) is 0 Å². The highest BCUT2D eigenvalue weighted by atomic mass is 19.1. The molecule has 2 heterocycles. The number of carbonyl (C=O) groups is 2. The molecule has 2 fully saturated rings. The van der Waals surface area contributed by atoms with Crippen molar-refractivity contribution in [3.8, 4) is 5.75 Å². The van der Waals surface area contributed by atoms with Crippen LogP contribution in [0.4, 0.5) is 4.39 Å². The second-order valence-corrected chi connectivity index (χ2v) is 8.48. The van der Waals surface area contributed by atoms with Crippen molar-refractivity contribution < 1.29 is 23.5 Å². The van der Waals surface area contributed by atoms with Gasteiger partial charge in [-0.2, -0.15) is 0 Å². The van der Waals surface area contributed by atoms with Gasteiger partial charge in [-0.15, -0.1) is 0 Å². The number of Topliss-reactive ketones (excluding diaryl/α,β-unsaturated/α-hetero) is 1. The molecule has 168 valence electrons. The molecule has 2 saturated heterocycles.